The van der Waals surface area contributed by atoms with Crippen LogP contribution in [0.4, 0.5) is 13.2 Å². The lowest BCUT2D eigenvalue weighted by Crippen LogP contribution is -2.45. The van der Waals surface area contributed by atoms with Gasteiger partial charge in [-0.05, 0) is 67.6 Å². The number of nitrogens with two attached hydrogens (primary N) is 2. The number of nitrogens with zero attached hydrogens (tertiary/aromatic N) is 5. The third-order valence-corrected chi connectivity index (χ3v) is 8.16. The number of aliphatic imine (C=N–C) groups is 1. The summed E-state index contributed by atoms with van der Waals surface area (Å²) in [5.74, 6) is 4.61. The molecule has 1 saturated heterocycles. The van der Waals surface area contributed by atoms with Gasteiger partial charge in [0, 0.05) is 49.2 Å². The molecule has 1 aliphatic carbocycles. The topological polar surface area (TPSA) is 132 Å². The van der Waals surface area contributed by atoms with Gasteiger partial charge in [-0.25, -0.2) is 0 Å². The molecule has 3 aliphatic rings. The highest BCUT2D eigenvalue weighted by molar-refractivity contribution is 6.28. The number of hydrogen-bond donors (Lipinski definition) is 2. The van der Waals surface area contributed by atoms with Gasteiger partial charge in [0.25, 0.3) is 11.8 Å². The summed E-state index contributed by atoms with van der Waals surface area (Å²) in [7, 11) is 0. The summed E-state index contributed by atoms with van der Waals surface area (Å²) in [6.07, 6.45) is 3.05. The average molecular weight is 554 g/mol. The van der Waals surface area contributed by atoms with Crippen molar-refractivity contribution in [1.82, 2.24) is 19.7 Å². The van der Waals surface area contributed by atoms with Gasteiger partial charge in [-0.3, -0.25) is 24.2 Å². The molecule has 2 aliphatic heterocycles. The number of halogens is 3. The monoisotopic (exact) mass is 553 g/mol. The molecular weight excluding hydrogens is 523 g/mol. The zero-order chi connectivity index (χ0) is 28.7. The molecule has 1 saturated carbocycles. The first kappa shape index (κ1) is 27.4. The molecule has 9 nitrogen and oxygen atoms in total. The molecule has 1 atom stereocenters. The van der Waals surface area contributed by atoms with E-state index in [1.807, 2.05) is 4.90 Å². The fourth-order valence-electron chi connectivity index (χ4n) is 6.31. The summed E-state index contributed by atoms with van der Waals surface area (Å²) in [6, 6.07) is 2.46. The van der Waals surface area contributed by atoms with Crippen molar-refractivity contribution < 1.29 is 22.8 Å². The molecule has 1 spiro atoms. The van der Waals surface area contributed by atoms with Crippen molar-refractivity contribution in [2.24, 2.45) is 33.7 Å². The number of aromatic nitrogens is 3. The number of pyridine rings is 1. The zero-order valence-corrected chi connectivity index (χ0v) is 22.0. The van der Waals surface area contributed by atoms with E-state index in [2.05, 4.69) is 26.9 Å². The molecule has 4 heterocycles. The molecule has 210 valence electrons. The van der Waals surface area contributed by atoms with Crippen molar-refractivity contribution in [1.29, 1.82) is 0 Å². The highest BCUT2D eigenvalue weighted by Gasteiger charge is 2.52. The summed E-state index contributed by atoms with van der Waals surface area (Å²) in [5.41, 5.74) is 13.3. The minimum atomic E-state index is -4.55. The van der Waals surface area contributed by atoms with Crippen LogP contribution in [0.5, 0.6) is 0 Å². The van der Waals surface area contributed by atoms with E-state index in [0.29, 0.717) is 48.6 Å². The summed E-state index contributed by atoms with van der Waals surface area (Å²) >= 11 is 0. The van der Waals surface area contributed by atoms with Crippen molar-refractivity contribution in [2.45, 2.75) is 45.3 Å². The number of allylic oxidation sites excluding steroid dienone is 1. The molecule has 0 unspecified atom stereocenters. The van der Waals surface area contributed by atoms with Crippen LogP contribution in [-0.2, 0) is 22.3 Å². The van der Waals surface area contributed by atoms with E-state index >= 15 is 0 Å². The smallest absolute Gasteiger partial charge is 0.401 e. The summed E-state index contributed by atoms with van der Waals surface area (Å²) < 4.78 is 40.6. The second kappa shape index (κ2) is 10.4. The highest BCUT2D eigenvalue weighted by atomic mass is 19.4. The first-order valence-corrected chi connectivity index (χ1v) is 13.1. The van der Waals surface area contributed by atoms with E-state index < -0.39 is 17.8 Å². The van der Waals surface area contributed by atoms with Crippen molar-refractivity contribution in [2.75, 3.05) is 19.6 Å². The van der Waals surface area contributed by atoms with Crippen LogP contribution in [0.1, 0.15) is 49.4 Å². The van der Waals surface area contributed by atoms with Gasteiger partial charge in [-0.15, -0.1) is 0 Å². The van der Waals surface area contributed by atoms with Gasteiger partial charge in [0.05, 0.1) is 24.0 Å². The Morgan fingerprint density at radius 3 is 2.75 bits per heavy atom. The molecular formula is C28H30F3N7O2. The number of carbonyl (C=O) groups excluding carboxylic acids is 2. The number of likely N-dealkylation sites (tertiary alicyclic amines) is 1. The Balaban J connectivity index is 1.32. The molecule has 0 radical (unpaired) electrons. The predicted octanol–water partition coefficient (Wildman–Crippen LogP) is 2.50. The van der Waals surface area contributed by atoms with Gasteiger partial charge in [0.1, 0.15) is 5.69 Å². The van der Waals surface area contributed by atoms with Crippen LogP contribution in [-0.4, -0.2) is 56.8 Å². The van der Waals surface area contributed by atoms with E-state index in [1.165, 1.54) is 16.9 Å². The predicted molar refractivity (Wildman–Crippen MR) is 140 cm³/mol. The lowest BCUT2D eigenvalue weighted by atomic mass is 9.56. The van der Waals surface area contributed by atoms with Crippen LogP contribution in [0, 0.1) is 29.1 Å². The molecule has 4 N–H and O–H groups in total. The maximum Gasteiger partial charge on any atom is 0.433 e. The van der Waals surface area contributed by atoms with Crippen molar-refractivity contribution in [3.8, 4) is 11.8 Å². The minimum Gasteiger partial charge on any atom is -0.401 e. The molecule has 0 aromatic carbocycles. The van der Waals surface area contributed by atoms with Crippen LogP contribution in [0.2, 0.25) is 0 Å². The second-order valence-electron chi connectivity index (χ2n) is 10.8. The quantitative estimate of drug-likeness (QED) is 0.549. The van der Waals surface area contributed by atoms with Crippen LogP contribution in [0.25, 0.3) is 0 Å². The Labute approximate surface area is 229 Å². The Bertz CT molecular complexity index is 1460. The molecule has 0 bridgehead atoms. The van der Waals surface area contributed by atoms with Crippen LogP contribution >= 0.6 is 0 Å². The number of amides is 2. The fraction of sp³-hybridized carbons (Fsp3) is 0.464. The van der Waals surface area contributed by atoms with Crippen LogP contribution in [0.3, 0.4) is 0 Å². The Hall–Kier alpha value is -4.14. The standard InChI is InChI=1S/C28H30F3N7O2/c1-2-3-22(39)37-9-6-27(16-37)11-18(12-27)20-5-8-35-25(23(24(20)32)26(33)40)19-13-36-38(15-19)14-17-4-7-34-21(10-17)28(29,30)31/h4,7,10,13,15,18,20H,5-6,8-9,11-12,14,16,32H2,1H3,(H2,33,40)/t18?,20-,27?/m1/s1. The van der Waals surface area contributed by atoms with E-state index in [1.54, 1.807) is 13.1 Å². The van der Waals surface area contributed by atoms with Crippen molar-refractivity contribution in [3.63, 3.8) is 0 Å². The SMILES string of the molecule is CC#CC(=O)N1CCC2(CC([C@H]3CCN=C(c4cnn(Cc5ccnc(C(F)(F)F)c5)c4)C(C(N)=O)=C3N)C2)C1. The lowest BCUT2D eigenvalue weighted by molar-refractivity contribution is -0.141. The number of carbonyl (C=O) groups is 2. The highest BCUT2D eigenvalue weighted by Crippen LogP contribution is 2.56. The van der Waals surface area contributed by atoms with E-state index in [0.717, 1.165) is 31.5 Å². The van der Waals surface area contributed by atoms with E-state index in [9.17, 15) is 22.8 Å². The Kier molecular flexibility index (Phi) is 7.16. The van der Waals surface area contributed by atoms with Gasteiger partial charge < -0.3 is 16.4 Å². The summed E-state index contributed by atoms with van der Waals surface area (Å²) in [5, 5.41) is 4.27. The van der Waals surface area contributed by atoms with Crippen molar-refractivity contribution in [3.05, 3.63) is 58.8 Å². The van der Waals surface area contributed by atoms with Crippen LogP contribution in [0.15, 0.2) is 47.0 Å². The van der Waals surface area contributed by atoms with E-state index in [-0.39, 0.29) is 35.3 Å². The fourth-order valence-corrected chi connectivity index (χ4v) is 6.31. The Morgan fingerprint density at radius 1 is 1.27 bits per heavy atom. The average Bonchev–Trinajstić information content (AvgIpc) is 3.49. The second-order valence-corrected chi connectivity index (χ2v) is 10.8. The number of rotatable bonds is 5. The minimum absolute atomic E-state index is 0.0545. The van der Waals surface area contributed by atoms with E-state index in [4.69, 9.17) is 11.5 Å². The summed E-state index contributed by atoms with van der Waals surface area (Å²) in [6.45, 7) is 3.52. The lowest BCUT2D eigenvalue weighted by Gasteiger charge is -2.48. The van der Waals surface area contributed by atoms with Gasteiger partial charge >= 0.3 is 6.18 Å². The van der Waals surface area contributed by atoms with Gasteiger partial charge in [-0.1, -0.05) is 5.92 Å². The summed E-state index contributed by atoms with van der Waals surface area (Å²) in [4.78, 5) is 34.7. The first-order chi connectivity index (χ1) is 19.0. The molecule has 2 fully saturated rings. The third kappa shape index (κ3) is 5.33. The first-order valence-electron chi connectivity index (χ1n) is 13.1. The van der Waals surface area contributed by atoms with Crippen LogP contribution < -0.4 is 11.5 Å². The van der Waals surface area contributed by atoms with Gasteiger partial charge in [0.15, 0.2) is 0 Å². The molecule has 2 aromatic rings. The molecule has 5 rings (SSSR count). The molecule has 2 amide bonds. The normalized spacial score (nSPS) is 24.7. The van der Waals surface area contributed by atoms with Crippen molar-refractivity contribution >= 4 is 17.5 Å². The number of primary amides is 1. The Morgan fingerprint density at radius 2 is 2.05 bits per heavy atom. The number of alkyl halides is 3. The molecule has 2 aromatic heterocycles. The molecule has 12 heteroatoms. The van der Waals surface area contributed by atoms with Gasteiger partial charge in [0.2, 0.25) is 0 Å². The largest absolute Gasteiger partial charge is 0.433 e. The molecule has 40 heavy (non-hydrogen) atoms. The maximum atomic E-state index is 13.0. The maximum absolute atomic E-state index is 13.0. The van der Waals surface area contributed by atoms with Gasteiger partial charge in [-0.2, -0.15) is 18.3 Å². The zero-order valence-electron chi connectivity index (χ0n) is 22.0. The number of hydrogen-bond acceptors (Lipinski definition) is 6. The third-order valence-electron chi connectivity index (χ3n) is 8.16.